The number of hydrogen-bond donors (Lipinski definition) is 1. The van der Waals surface area contributed by atoms with Crippen LogP contribution in [-0.2, 0) is 4.79 Å². The van der Waals surface area contributed by atoms with E-state index in [1.807, 2.05) is 31.2 Å². The molecule has 2 aromatic heterocycles. The van der Waals surface area contributed by atoms with Gasteiger partial charge in [0.25, 0.3) is 0 Å². The minimum atomic E-state index is -0.342. The van der Waals surface area contributed by atoms with E-state index in [0.717, 1.165) is 17.2 Å². The smallest absolute Gasteiger partial charge is 0.246 e. The van der Waals surface area contributed by atoms with E-state index < -0.39 is 0 Å². The average Bonchev–Trinajstić information content (AvgIpc) is 2.79. The first-order valence-corrected chi connectivity index (χ1v) is 10.1. The van der Waals surface area contributed by atoms with Crippen molar-refractivity contribution in [3.05, 3.63) is 77.7 Å². The zero-order valence-electron chi connectivity index (χ0n) is 17.2. The molecule has 1 aliphatic rings. The highest BCUT2D eigenvalue weighted by Gasteiger charge is 2.21. The Bertz CT molecular complexity index is 1080. The molecule has 0 atom stereocenters. The van der Waals surface area contributed by atoms with Crippen molar-refractivity contribution in [1.82, 2.24) is 20.1 Å². The van der Waals surface area contributed by atoms with Gasteiger partial charge in [0.1, 0.15) is 11.6 Å². The van der Waals surface area contributed by atoms with Gasteiger partial charge < -0.3 is 15.1 Å². The third-order valence-electron chi connectivity index (χ3n) is 5.05. The summed E-state index contributed by atoms with van der Waals surface area (Å²) in [5.74, 6) is 1.63. The molecule has 1 aromatic carbocycles. The lowest BCUT2D eigenvalue weighted by atomic mass is 10.2. The van der Waals surface area contributed by atoms with Gasteiger partial charge in [-0.15, -0.1) is 10.2 Å². The van der Waals surface area contributed by atoms with Crippen molar-refractivity contribution in [2.24, 2.45) is 0 Å². The first kappa shape index (κ1) is 20.5. The first-order chi connectivity index (χ1) is 15.1. The molecule has 0 spiro atoms. The number of carbonyl (C=O) groups is 1. The van der Waals surface area contributed by atoms with Crippen molar-refractivity contribution < 1.29 is 9.18 Å². The fraction of sp³-hybridized carbons (Fsp3) is 0.217. The summed E-state index contributed by atoms with van der Waals surface area (Å²) in [4.78, 5) is 20.5. The van der Waals surface area contributed by atoms with Crippen molar-refractivity contribution in [2.45, 2.75) is 6.92 Å². The second-order valence-corrected chi connectivity index (χ2v) is 7.29. The number of pyridine rings is 1. The molecule has 8 heteroatoms. The molecule has 1 saturated heterocycles. The van der Waals surface area contributed by atoms with Gasteiger partial charge in [-0.3, -0.25) is 4.79 Å². The average molecular weight is 418 g/mol. The van der Waals surface area contributed by atoms with E-state index in [-0.39, 0.29) is 11.7 Å². The van der Waals surface area contributed by atoms with Crippen LogP contribution in [0.2, 0.25) is 0 Å². The highest BCUT2D eigenvalue weighted by molar-refractivity contribution is 5.92. The minimum Gasteiger partial charge on any atom is -0.352 e. The monoisotopic (exact) mass is 418 g/mol. The van der Waals surface area contributed by atoms with Crippen molar-refractivity contribution >= 4 is 29.4 Å². The molecule has 31 heavy (non-hydrogen) atoms. The summed E-state index contributed by atoms with van der Waals surface area (Å²) in [6.07, 6.45) is 4.68. The van der Waals surface area contributed by atoms with Crippen molar-refractivity contribution in [3.8, 4) is 0 Å². The van der Waals surface area contributed by atoms with Gasteiger partial charge in [0.2, 0.25) is 5.91 Å². The predicted octanol–water partition coefficient (Wildman–Crippen LogP) is 3.42. The normalized spacial score (nSPS) is 14.1. The zero-order chi connectivity index (χ0) is 21.6. The molecular weight excluding hydrogens is 395 g/mol. The van der Waals surface area contributed by atoms with Crippen LogP contribution in [0.5, 0.6) is 0 Å². The van der Waals surface area contributed by atoms with E-state index in [4.69, 9.17) is 0 Å². The van der Waals surface area contributed by atoms with E-state index in [2.05, 4.69) is 25.4 Å². The van der Waals surface area contributed by atoms with Gasteiger partial charge in [-0.1, -0.05) is 18.2 Å². The molecule has 0 aliphatic carbocycles. The molecule has 3 aromatic rings. The second kappa shape index (κ2) is 9.34. The molecule has 1 N–H and O–H groups in total. The van der Waals surface area contributed by atoms with Gasteiger partial charge >= 0.3 is 0 Å². The summed E-state index contributed by atoms with van der Waals surface area (Å²) in [6, 6.07) is 14.0. The molecule has 0 radical (unpaired) electrons. The number of halogens is 1. The lowest BCUT2D eigenvalue weighted by Crippen LogP contribution is -2.48. The number of benzene rings is 1. The SMILES string of the molecule is Cc1ccnc(Nc2ccc(N3CCN(C(=O)/C=C/c4ccccc4F)CC3)nn2)c1. The molecule has 1 amide bonds. The molecule has 1 fully saturated rings. The Balaban J connectivity index is 1.31. The van der Waals surface area contributed by atoms with Crippen LogP contribution in [-0.4, -0.2) is 52.2 Å². The number of nitrogens with one attached hydrogen (secondary N) is 1. The number of amides is 1. The molecule has 4 rings (SSSR count). The Kier molecular flexibility index (Phi) is 6.16. The summed E-state index contributed by atoms with van der Waals surface area (Å²) in [7, 11) is 0. The number of nitrogens with zero attached hydrogens (tertiary/aromatic N) is 5. The van der Waals surface area contributed by atoms with Crippen LogP contribution in [0.1, 0.15) is 11.1 Å². The Morgan fingerprint density at radius 1 is 1.03 bits per heavy atom. The molecule has 0 saturated carbocycles. The number of anilines is 3. The maximum atomic E-state index is 13.7. The third kappa shape index (κ3) is 5.22. The summed E-state index contributed by atoms with van der Waals surface area (Å²) < 4.78 is 13.7. The quantitative estimate of drug-likeness (QED) is 0.640. The number of hydrogen-bond acceptors (Lipinski definition) is 6. The number of piperazine rings is 1. The lowest BCUT2D eigenvalue weighted by molar-refractivity contribution is -0.126. The van der Waals surface area contributed by atoms with Crippen molar-refractivity contribution in [2.75, 3.05) is 36.4 Å². The molecule has 0 bridgehead atoms. The van der Waals surface area contributed by atoms with Crippen LogP contribution in [0, 0.1) is 12.7 Å². The van der Waals surface area contributed by atoms with E-state index in [1.54, 1.807) is 29.3 Å². The predicted molar refractivity (Wildman–Crippen MR) is 119 cm³/mol. The standard InChI is InChI=1S/C23H23FN6O/c1-17-10-11-25-21(16-17)26-20-7-8-22(28-27-20)29-12-14-30(15-13-29)23(31)9-6-18-4-2-3-5-19(18)24/h2-11,16H,12-15H2,1H3,(H,25,26,27)/b9-6+. The number of carbonyl (C=O) groups excluding carboxylic acids is 1. The van der Waals surface area contributed by atoms with E-state index in [1.165, 1.54) is 18.2 Å². The highest BCUT2D eigenvalue weighted by Crippen LogP contribution is 2.17. The maximum absolute atomic E-state index is 13.7. The Morgan fingerprint density at radius 3 is 2.55 bits per heavy atom. The zero-order valence-corrected chi connectivity index (χ0v) is 17.2. The lowest BCUT2D eigenvalue weighted by Gasteiger charge is -2.34. The highest BCUT2D eigenvalue weighted by atomic mass is 19.1. The minimum absolute atomic E-state index is 0.126. The molecule has 158 valence electrons. The Morgan fingerprint density at radius 2 is 1.84 bits per heavy atom. The molecule has 1 aliphatic heterocycles. The van der Waals surface area contributed by atoms with Gasteiger partial charge in [0.15, 0.2) is 11.6 Å². The summed E-state index contributed by atoms with van der Waals surface area (Å²) in [5, 5.41) is 11.7. The third-order valence-corrected chi connectivity index (χ3v) is 5.05. The summed E-state index contributed by atoms with van der Waals surface area (Å²) in [5.41, 5.74) is 1.51. The molecular formula is C23H23FN6O. The van der Waals surface area contributed by atoms with E-state index in [0.29, 0.717) is 37.6 Å². The number of aryl methyl sites for hydroxylation is 1. The van der Waals surface area contributed by atoms with Crippen LogP contribution in [0.15, 0.2) is 60.8 Å². The molecule has 0 unspecified atom stereocenters. The Labute approximate surface area is 180 Å². The van der Waals surface area contributed by atoms with Crippen molar-refractivity contribution in [3.63, 3.8) is 0 Å². The van der Waals surface area contributed by atoms with E-state index in [9.17, 15) is 9.18 Å². The van der Waals surface area contributed by atoms with Crippen LogP contribution in [0.4, 0.5) is 21.8 Å². The van der Waals surface area contributed by atoms with Gasteiger partial charge in [-0.2, -0.15) is 0 Å². The van der Waals surface area contributed by atoms with Gasteiger partial charge in [-0.05, 0) is 48.9 Å². The van der Waals surface area contributed by atoms with Gasteiger partial charge in [0.05, 0.1) is 0 Å². The van der Waals surface area contributed by atoms with E-state index >= 15 is 0 Å². The van der Waals surface area contributed by atoms with Gasteiger partial charge in [-0.25, -0.2) is 9.37 Å². The summed E-state index contributed by atoms with van der Waals surface area (Å²) >= 11 is 0. The first-order valence-electron chi connectivity index (χ1n) is 10.1. The molecule has 7 nitrogen and oxygen atoms in total. The Hall–Kier alpha value is -3.81. The summed E-state index contributed by atoms with van der Waals surface area (Å²) in [6.45, 7) is 4.44. The topological polar surface area (TPSA) is 74.2 Å². The maximum Gasteiger partial charge on any atom is 0.246 e. The van der Waals surface area contributed by atoms with Crippen molar-refractivity contribution in [1.29, 1.82) is 0 Å². The largest absolute Gasteiger partial charge is 0.352 e. The van der Waals surface area contributed by atoms with Gasteiger partial charge in [0, 0.05) is 44.0 Å². The number of rotatable bonds is 5. The fourth-order valence-corrected chi connectivity index (χ4v) is 3.33. The van der Waals surface area contributed by atoms with Crippen LogP contribution in [0.25, 0.3) is 6.08 Å². The second-order valence-electron chi connectivity index (χ2n) is 7.29. The molecule has 3 heterocycles. The van der Waals surface area contributed by atoms with Crippen LogP contribution in [0.3, 0.4) is 0 Å². The van der Waals surface area contributed by atoms with Crippen LogP contribution >= 0.6 is 0 Å². The number of aromatic nitrogens is 3. The fourth-order valence-electron chi connectivity index (χ4n) is 3.33. The van der Waals surface area contributed by atoms with Crippen LogP contribution < -0.4 is 10.2 Å².